The molecule has 1 aliphatic rings. The van der Waals surface area contributed by atoms with Crippen molar-refractivity contribution in [2.24, 2.45) is 11.7 Å². The lowest BCUT2D eigenvalue weighted by atomic mass is 9.94. The molecule has 1 rings (SSSR count). The zero-order valence-corrected chi connectivity index (χ0v) is 10.5. The van der Waals surface area contributed by atoms with Gasteiger partial charge in [0.15, 0.2) is 0 Å². The van der Waals surface area contributed by atoms with Gasteiger partial charge in [-0.1, -0.05) is 13.8 Å². The van der Waals surface area contributed by atoms with Crippen molar-refractivity contribution >= 4 is 0 Å². The predicted molar refractivity (Wildman–Crippen MR) is 63.9 cm³/mol. The maximum absolute atomic E-state index is 6.00. The van der Waals surface area contributed by atoms with E-state index in [1.165, 1.54) is 19.3 Å². The first-order chi connectivity index (χ1) is 7.18. The molecule has 1 fully saturated rings. The lowest BCUT2D eigenvalue weighted by Crippen LogP contribution is -2.53. The van der Waals surface area contributed by atoms with E-state index < -0.39 is 0 Å². The van der Waals surface area contributed by atoms with Crippen molar-refractivity contribution in [2.45, 2.75) is 38.6 Å². The summed E-state index contributed by atoms with van der Waals surface area (Å²) in [6.07, 6.45) is 3.82. The van der Waals surface area contributed by atoms with Crippen LogP contribution in [0.3, 0.4) is 0 Å². The van der Waals surface area contributed by atoms with Crippen LogP contribution in [0.1, 0.15) is 33.1 Å². The first kappa shape index (κ1) is 12.9. The smallest absolute Gasteiger partial charge is 0.0589 e. The van der Waals surface area contributed by atoms with Gasteiger partial charge in [0.05, 0.1) is 6.61 Å². The van der Waals surface area contributed by atoms with Crippen LogP contribution >= 0.6 is 0 Å². The fourth-order valence-corrected chi connectivity index (χ4v) is 2.90. The van der Waals surface area contributed by atoms with Gasteiger partial charge < -0.3 is 10.5 Å². The van der Waals surface area contributed by atoms with E-state index in [0.29, 0.717) is 0 Å². The SMILES string of the molecule is CCN(CCOC)C1(CN)CCC(C)C1. The summed E-state index contributed by atoms with van der Waals surface area (Å²) in [7, 11) is 1.76. The minimum absolute atomic E-state index is 0.257. The fourth-order valence-electron chi connectivity index (χ4n) is 2.90. The van der Waals surface area contributed by atoms with E-state index >= 15 is 0 Å². The third-order valence-electron chi connectivity index (χ3n) is 3.83. The molecule has 3 nitrogen and oxygen atoms in total. The topological polar surface area (TPSA) is 38.5 Å². The molecule has 1 saturated carbocycles. The second kappa shape index (κ2) is 5.83. The molecule has 3 heteroatoms. The molecule has 0 aromatic carbocycles. The number of likely N-dealkylation sites (N-methyl/N-ethyl adjacent to an activating group) is 1. The van der Waals surface area contributed by atoms with Crippen molar-refractivity contribution in [1.29, 1.82) is 0 Å². The summed E-state index contributed by atoms with van der Waals surface area (Å²) in [6, 6.07) is 0. The number of ether oxygens (including phenoxy) is 1. The minimum Gasteiger partial charge on any atom is -0.383 e. The van der Waals surface area contributed by atoms with E-state index in [0.717, 1.165) is 32.2 Å². The molecule has 15 heavy (non-hydrogen) atoms. The van der Waals surface area contributed by atoms with Crippen molar-refractivity contribution in [3.05, 3.63) is 0 Å². The maximum Gasteiger partial charge on any atom is 0.0589 e. The molecule has 2 unspecified atom stereocenters. The summed E-state index contributed by atoms with van der Waals surface area (Å²) in [6.45, 7) is 8.24. The summed E-state index contributed by atoms with van der Waals surface area (Å²) < 4.78 is 5.17. The van der Waals surface area contributed by atoms with E-state index in [9.17, 15) is 0 Å². The number of hydrogen-bond acceptors (Lipinski definition) is 3. The summed E-state index contributed by atoms with van der Waals surface area (Å²) >= 11 is 0. The van der Waals surface area contributed by atoms with Crippen molar-refractivity contribution < 1.29 is 4.74 Å². The Kier molecular flexibility index (Phi) is 5.03. The van der Waals surface area contributed by atoms with Crippen LogP contribution in [0.2, 0.25) is 0 Å². The van der Waals surface area contributed by atoms with Gasteiger partial charge in [-0.05, 0) is 31.7 Å². The van der Waals surface area contributed by atoms with Crippen LogP contribution in [0.15, 0.2) is 0 Å². The molecule has 2 atom stereocenters. The van der Waals surface area contributed by atoms with Crippen molar-refractivity contribution in [1.82, 2.24) is 4.90 Å². The summed E-state index contributed by atoms with van der Waals surface area (Å²) in [5.41, 5.74) is 6.25. The van der Waals surface area contributed by atoms with Crippen LogP contribution in [-0.4, -0.2) is 43.8 Å². The lowest BCUT2D eigenvalue weighted by molar-refractivity contribution is 0.0658. The quantitative estimate of drug-likeness (QED) is 0.728. The highest BCUT2D eigenvalue weighted by Gasteiger charge is 2.40. The van der Waals surface area contributed by atoms with Crippen molar-refractivity contribution in [3.63, 3.8) is 0 Å². The molecule has 0 saturated heterocycles. The maximum atomic E-state index is 6.00. The van der Waals surface area contributed by atoms with E-state index in [-0.39, 0.29) is 5.54 Å². The largest absolute Gasteiger partial charge is 0.383 e. The predicted octanol–water partition coefficient (Wildman–Crippen LogP) is 1.47. The van der Waals surface area contributed by atoms with Gasteiger partial charge in [-0.3, -0.25) is 4.90 Å². The lowest BCUT2D eigenvalue weighted by Gasteiger charge is -2.40. The van der Waals surface area contributed by atoms with Crippen LogP contribution in [0.25, 0.3) is 0 Å². The van der Waals surface area contributed by atoms with Crippen LogP contribution in [0.4, 0.5) is 0 Å². The Labute approximate surface area is 94.0 Å². The van der Waals surface area contributed by atoms with Crippen molar-refractivity contribution in [2.75, 3.05) is 33.4 Å². The number of rotatable bonds is 6. The van der Waals surface area contributed by atoms with Gasteiger partial charge in [0, 0.05) is 25.7 Å². The Hall–Kier alpha value is -0.120. The molecule has 90 valence electrons. The number of hydrogen-bond donors (Lipinski definition) is 1. The molecule has 1 aliphatic carbocycles. The highest BCUT2D eigenvalue weighted by molar-refractivity contribution is 4.97. The first-order valence-electron chi connectivity index (χ1n) is 6.12. The Bertz CT molecular complexity index is 186. The van der Waals surface area contributed by atoms with E-state index in [1.54, 1.807) is 7.11 Å². The molecule has 0 heterocycles. The molecular weight excluding hydrogens is 188 g/mol. The van der Waals surface area contributed by atoms with Crippen LogP contribution in [0.5, 0.6) is 0 Å². The van der Waals surface area contributed by atoms with Crippen LogP contribution in [0, 0.1) is 5.92 Å². The normalized spacial score (nSPS) is 31.4. The van der Waals surface area contributed by atoms with Gasteiger partial charge in [-0.25, -0.2) is 0 Å². The minimum atomic E-state index is 0.257. The molecule has 2 N–H and O–H groups in total. The van der Waals surface area contributed by atoms with Gasteiger partial charge in [0.1, 0.15) is 0 Å². The number of nitrogens with zero attached hydrogens (tertiary/aromatic N) is 1. The van der Waals surface area contributed by atoms with E-state index in [1.807, 2.05) is 0 Å². The zero-order chi connectivity index (χ0) is 11.3. The number of nitrogens with two attached hydrogens (primary N) is 1. The molecule has 0 aliphatic heterocycles. The van der Waals surface area contributed by atoms with Crippen molar-refractivity contribution in [3.8, 4) is 0 Å². The van der Waals surface area contributed by atoms with Gasteiger partial charge in [-0.2, -0.15) is 0 Å². The fraction of sp³-hybridized carbons (Fsp3) is 1.00. The Morgan fingerprint density at radius 1 is 1.53 bits per heavy atom. The molecule has 0 aromatic rings. The monoisotopic (exact) mass is 214 g/mol. The van der Waals surface area contributed by atoms with Gasteiger partial charge >= 0.3 is 0 Å². The summed E-state index contributed by atoms with van der Waals surface area (Å²) in [5.74, 6) is 0.824. The van der Waals surface area contributed by atoms with Gasteiger partial charge in [0.2, 0.25) is 0 Å². The van der Waals surface area contributed by atoms with E-state index in [4.69, 9.17) is 10.5 Å². The van der Waals surface area contributed by atoms with Crippen LogP contribution in [-0.2, 0) is 4.74 Å². The standard InChI is InChI=1S/C12H26N2O/c1-4-14(7-8-15-3)12(10-13)6-5-11(2)9-12/h11H,4-10,13H2,1-3H3. The molecule has 0 spiro atoms. The molecule has 0 aromatic heterocycles. The summed E-state index contributed by atoms with van der Waals surface area (Å²) in [5, 5.41) is 0. The summed E-state index contributed by atoms with van der Waals surface area (Å²) in [4.78, 5) is 2.51. The van der Waals surface area contributed by atoms with Gasteiger partial charge in [-0.15, -0.1) is 0 Å². The Morgan fingerprint density at radius 3 is 2.67 bits per heavy atom. The highest BCUT2D eigenvalue weighted by atomic mass is 16.5. The Morgan fingerprint density at radius 2 is 2.27 bits per heavy atom. The zero-order valence-electron chi connectivity index (χ0n) is 10.5. The second-order valence-corrected chi connectivity index (χ2v) is 4.85. The average molecular weight is 214 g/mol. The third kappa shape index (κ3) is 2.92. The Balaban J connectivity index is 2.61. The van der Waals surface area contributed by atoms with E-state index in [2.05, 4.69) is 18.7 Å². The molecule has 0 amide bonds. The van der Waals surface area contributed by atoms with Gasteiger partial charge in [0.25, 0.3) is 0 Å². The number of methoxy groups -OCH3 is 1. The first-order valence-corrected chi connectivity index (χ1v) is 6.12. The second-order valence-electron chi connectivity index (χ2n) is 4.85. The molecule has 0 radical (unpaired) electrons. The average Bonchev–Trinajstić information content (AvgIpc) is 2.63. The third-order valence-corrected chi connectivity index (χ3v) is 3.83. The molecular formula is C12H26N2O. The van der Waals surface area contributed by atoms with Crippen LogP contribution < -0.4 is 5.73 Å². The molecule has 0 bridgehead atoms. The highest BCUT2D eigenvalue weighted by Crippen LogP contribution is 2.37.